The molecule has 0 aliphatic heterocycles. The normalized spacial score (nSPS) is 12.6. The van der Waals surface area contributed by atoms with Gasteiger partial charge in [-0.15, -0.1) is 0 Å². The van der Waals surface area contributed by atoms with Gasteiger partial charge in [0.15, 0.2) is 0 Å². The van der Waals surface area contributed by atoms with Gasteiger partial charge in [-0.3, -0.25) is 0 Å². The van der Waals surface area contributed by atoms with E-state index in [2.05, 4.69) is 58.8 Å². The molecule has 0 saturated heterocycles. The Hall–Kier alpha value is -2.22. The van der Waals surface area contributed by atoms with E-state index in [0.717, 1.165) is 5.69 Å². The number of benzene rings is 3. The maximum Gasteiger partial charge on any atom is 0.0859 e. The van der Waals surface area contributed by atoms with E-state index in [1.165, 1.54) is 21.5 Å². The van der Waals surface area contributed by atoms with Gasteiger partial charge in [-0.2, -0.15) is 10.2 Å². The van der Waals surface area contributed by atoms with Crippen LogP contribution in [0.4, 0.5) is 5.69 Å². The van der Waals surface area contributed by atoms with Crippen molar-refractivity contribution < 1.29 is 0 Å². The molecule has 100 valence electrons. The molecule has 0 unspecified atom stereocenters. The van der Waals surface area contributed by atoms with Gasteiger partial charge in [-0.1, -0.05) is 30.3 Å². The first-order valence-electron chi connectivity index (χ1n) is 6.87. The van der Waals surface area contributed by atoms with Crippen molar-refractivity contribution in [3.8, 4) is 0 Å². The van der Waals surface area contributed by atoms with E-state index in [0.29, 0.717) is 0 Å². The van der Waals surface area contributed by atoms with Gasteiger partial charge in [-0.25, -0.2) is 0 Å². The Kier molecular flexibility index (Phi) is 3.01. The standard InChI is InChI=1S/C18H18N2/c1-18(2,3)20-19-17-9-8-15-10-13-6-4-5-7-14(13)11-16(15)12-17/h4-12H,1-3H3. The van der Waals surface area contributed by atoms with E-state index >= 15 is 0 Å². The summed E-state index contributed by atoms with van der Waals surface area (Å²) < 4.78 is 0. The van der Waals surface area contributed by atoms with Crippen LogP contribution in [0.1, 0.15) is 20.8 Å². The fraction of sp³-hybridized carbons (Fsp3) is 0.222. The average Bonchev–Trinajstić information content (AvgIpc) is 2.42. The Morgan fingerprint density at radius 2 is 1.30 bits per heavy atom. The molecule has 0 aliphatic carbocycles. The van der Waals surface area contributed by atoms with Crippen LogP contribution in [0.2, 0.25) is 0 Å². The second kappa shape index (κ2) is 4.71. The predicted molar refractivity (Wildman–Crippen MR) is 85.7 cm³/mol. The predicted octanol–water partition coefficient (Wildman–Crippen LogP) is 5.88. The highest BCUT2D eigenvalue weighted by atomic mass is 15.1. The quantitative estimate of drug-likeness (QED) is 0.386. The molecular weight excluding hydrogens is 244 g/mol. The molecule has 0 heterocycles. The van der Waals surface area contributed by atoms with Gasteiger partial charge in [0.1, 0.15) is 0 Å². The van der Waals surface area contributed by atoms with Gasteiger partial charge in [0.05, 0.1) is 11.2 Å². The van der Waals surface area contributed by atoms with Crippen molar-refractivity contribution in [2.45, 2.75) is 26.3 Å². The van der Waals surface area contributed by atoms with E-state index in [1.807, 2.05) is 26.8 Å². The maximum atomic E-state index is 4.33. The Balaban J connectivity index is 2.11. The molecule has 3 aromatic carbocycles. The van der Waals surface area contributed by atoms with E-state index in [4.69, 9.17) is 0 Å². The van der Waals surface area contributed by atoms with Gasteiger partial charge in [0, 0.05) is 0 Å². The van der Waals surface area contributed by atoms with Crippen molar-refractivity contribution >= 4 is 27.2 Å². The zero-order valence-electron chi connectivity index (χ0n) is 12.1. The number of rotatable bonds is 1. The van der Waals surface area contributed by atoms with Gasteiger partial charge >= 0.3 is 0 Å². The van der Waals surface area contributed by atoms with Crippen LogP contribution in [-0.4, -0.2) is 5.54 Å². The third kappa shape index (κ3) is 2.69. The molecule has 0 amide bonds. The highest BCUT2D eigenvalue weighted by molar-refractivity contribution is 5.99. The average molecular weight is 262 g/mol. The number of azo groups is 1. The van der Waals surface area contributed by atoms with Gasteiger partial charge < -0.3 is 0 Å². The van der Waals surface area contributed by atoms with E-state index in [-0.39, 0.29) is 5.54 Å². The van der Waals surface area contributed by atoms with Crippen LogP contribution in [0.15, 0.2) is 64.8 Å². The molecule has 0 radical (unpaired) electrons. The summed E-state index contributed by atoms with van der Waals surface area (Å²) >= 11 is 0. The minimum absolute atomic E-state index is 0.141. The Morgan fingerprint density at radius 3 is 1.95 bits per heavy atom. The second-order valence-corrected chi connectivity index (χ2v) is 6.10. The van der Waals surface area contributed by atoms with Gasteiger partial charge in [-0.05, 0) is 66.6 Å². The van der Waals surface area contributed by atoms with Crippen LogP contribution in [0, 0.1) is 0 Å². The van der Waals surface area contributed by atoms with Crippen LogP contribution < -0.4 is 0 Å². The molecule has 0 N–H and O–H groups in total. The molecule has 20 heavy (non-hydrogen) atoms. The second-order valence-electron chi connectivity index (χ2n) is 6.10. The summed E-state index contributed by atoms with van der Waals surface area (Å²) in [6, 6.07) is 19.1. The molecule has 2 nitrogen and oxygen atoms in total. The van der Waals surface area contributed by atoms with E-state index < -0.39 is 0 Å². The number of hydrogen-bond acceptors (Lipinski definition) is 2. The third-order valence-corrected chi connectivity index (χ3v) is 3.15. The monoisotopic (exact) mass is 262 g/mol. The van der Waals surface area contributed by atoms with Gasteiger partial charge in [0.25, 0.3) is 0 Å². The lowest BCUT2D eigenvalue weighted by molar-refractivity contribution is 0.552. The Bertz CT molecular complexity index is 795. The minimum atomic E-state index is -0.141. The number of hydrogen-bond donors (Lipinski definition) is 0. The number of fused-ring (bicyclic) bond motifs is 2. The molecular formula is C18H18N2. The molecule has 2 heteroatoms. The SMILES string of the molecule is CC(C)(C)N=Nc1ccc2cc3ccccc3cc2c1. The minimum Gasteiger partial charge on any atom is -0.183 e. The largest absolute Gasteiger partial charge is 0.183 e. The highest BCUT2D eigenvalue weighted by Gasteiger charge is 2.06. The fourth-order valence-corrected chi connectivity index (χ4v) is 2.20. The first kappa shape index (κ1) is 12.8. The van der Waals surface area contributed by atoms with Gasteiger partial charge in [0.2, 0.25) is 0 Å². The Morgan fingerprint density at radius 1 is 0.700 bits per heavy atom. The van der Waals surface area contributed by atoms with Crippen LogP contribution in [0.25, 0.3) is 21.5 Å². The molecule has 0 aromatic heterocycles. The van der Waals surface area contributed by atoms with Crippen molar-refractivity contribution in [3.05, 3.63) is 54.6 Å². The van der Waals surface area contributed by atoms with Crippen molar-refractivity contribution in [3.63, 3.8) is 0 Å². The molecule has 0 fully saturated rings. The lowest BCUT2D eigenvalue weighted by atomic mass is 10.0. The van der Waals surface area contributed by atoms with Crippen molar-refractivity contribution in [2.24, 2.45) is 10.2 Å². The summed E-state index contributed by atoms with van der Waals surface area (Å²) in [6.45, 7) is 6.14. The smallest absolute Gasteiger partial charge is 0.0859 e. The van der Waals surface area contributed by atoms with Crippen molar-refractivity contribution in [1.29, 1.82) is 0 Å². The van der Waals surface area contributed by atoms with Crippen molar-refractivity contribution in [1.82, 2.24) is 0 Å². The van der Waals surface area contributed by atoms with Crippen molar-refractivity contribution in [2.75, 3.05) is 0 Å². The molecule has 0 spiro atoms. The molecule has 0 aliphatic rings. The lowest BCUT2D eigenvalue weighted by Gasteiger charge is -2.09. The summed E-state index contributed by atoms with van der Waals surface area (Å²) in [5, 5.41) is 13.6. The third-order valence-electron chi connectivity index (χ3n) is 3.15. The van der Waals surface area contributed by atoms with E-state index in [9.17, 15) is 0 Å². The van der Waals surface area contributed by atoms with Crippen LogP contribution in [0.5, 0.6) is 0 Å². The van der Waals surface area contributed by atoms with Crippen LogP contribution in [0.3, 0.4) is 0 Å². The summed E-state index contributed by atoms with van der Waals surface area (Å²) in [5.74, 6) is 0. The maximum absolute atomic E-state index is 4.33. The molecule has 0 bridgehead atoms. The highest BCUT2D eigenvalue weighted by Crippen LogP contribution is 2.27. The fourth-order valence-electron chi connectivity index (χ4n) is 2.20. The summed E-state index contributed by atoms with van der Waals surface area (Å²) in [5.41, 5.74) is 0.765. The zero-order valence-corrected chi connectivity index (χ0v) is 12.1. The summed E-state index contributed by atoms with van der Waals surface area (Å²) in [7, 11) is 0. The van der Waals surface area contributed by atoms with E-state index in [1.54, 1.807) is 0 Å². The van der Waals surface area contributed by atoms with Crippen LogP contribution in [-0.2, 0) is 0 Å². The molecule has 0 atom stereocenters. The summed E-state index contributed by atoms with van der Waals surface area (Å²) in [6.07, 6.45) is 0. The first-order chi connectivity index (χ1) is 9.51. The topological polar surface area (TPSA) is 24.7 Å². The zero-order chi connectivity index (χ0) is 14.2. The molecule has 3 rings (SSSR count). The molecule has 0 saturated carbocycles. The number of nitrogens with zero attached hydrogens (tertiary/aromatic N) is 2. The Labute approximate surface area is 119 Å². The molecule has 3 aromatic rings. The van der Waals surface area contributed by atoms with Crippen LogP contribution >= 0.6 is 0 Å². The first-order valence-corrected chi connectivity index (χ1v) is 6.87. The summed E-state index contributed by atoms with van der Waals surface area (Å²) in [4.78, 5) is 0. The lowest BCUT2D eigenvalue weighted by Crippen LogP contribution is -2.07.